The molecular weight excluding hydrogens is 264 g/mol. The van der Waals surface area contributed by atoms with E-state index < -0.39 is 11.9 Å². The van der Waals surface area contributed by atoms with Gasteiger partial charge in [0.25, 0.3) is 0 Å². The van der Waals surface area contributed by atoms with E-state index >= 15 is 0 Å². The van der Waals surface area contributed by atoms with Crippen molar-refractivity contribution in [2.75, 3.05) is 25.6 Å². The van der Waals surface area contributed by atoms with Gasteiger partial charge in [-0.15, -0.1) is 0 Å². The van der Waals surface area contributed by atoms with Gasteiger partial charge in [0.15, 0.2) is 0 Å². The number of nitrogens with one attached hydrogen (secondary N) is 1. The molecule has 2 unspecified atom stereocenters. The minimum Gasteiger partial charge on any atom is -0.496 e. The van der Waals surface area contributed by atoms with E-state index in [-0.39, 0.29) is 29.9 Å². The van der Waals surface area contributed by atoms with E-state index in [0.29, 0.717) is 12.3 Å². The smallest absolute Gasteiger partial charge is 0.339 e. The third-order valence-corrected chi connectivity index (χ3v) is 3.16. The summed E-state index contributed by atoms with van der Waals surface area (Å²) in [6.45, 7) is 0.650. The molecule has 1 aliphatic rings. The van der Waals surface area contributed by atoms with Crippen LogP contribution in [0.3, 0.4) is 0 Å². The Kier molecular flexibility index (Phi) is 4.21. The highest BCUT2D eigenvalue weighted by molar-refractivity contribution is 5.95. The molecule has 2 atom stereocenters. The summed E-state index contributed by atoms with van der Waals surface area (Å²) in [5.41, 5.74) is 6.25. The Hall–Kier alpha value is -2.12. The predicted molar refractivity (Wildman–Crippen MR) is 70.9 cm³/mol. The number of ether oxygens (including phenoxy) is 2. The maximum Gasteiger partial charge on any atom is 0.339 e. The van der Waals surface area contributed by atoms with E-state index in [1.807, 2.05) is 0 Å². The number of benzene rings is 1. The number of hydrogen-bond donors (Lipinski definition) is 3. The van der Waals surface area contributed by atoms with Gasteiger partial charge < -0.3 is 25.6 Å². The van der Waals surface area contributed by atoms with Crippen LogP contribution in [0.5, 0.6) is 5.75 Å². The molecule has 0 aliphatic carbocycles. The van der Waals surface area contributed by atoms with E-state index in [4.69, 9.17) is 20.3 Å². The number of hydrogen-bond acceptors (Lipinski definition) is 5. The highest BCUT2D eigenvalue weighted by Crippen LogP contribution is 2.24. The maximum atomic E-state index is 12.0. The molecule has 7 nitrogen and oxygen atoms in total. The topological polar surface area (TPSA) is 111 Å². The SMILES string of the molecule is COc1cc(NC(=O)C2COCC2N)ccc1C(=O)O. The predicted octanol–water partition coefficient (Wildman–Crippen LogP) is 0.306. The number of amides is 1. The zero-order valence-electron chi connectivity index (χ0n) is 11.0. The van der Waals surface area contributed by atoms with Gasteiger partial charge in [-0.3, -0.25) is 4.79 Å². The molecule has 108 valence electrons. The number of methoxy groups -OCH3 is 1. The molecule has 20 heavy (non-hydrogen) atoms. The number of carbonyl (C=O) groups excluding carboxylic acids is 1. The Morgan fingerprint density at radius 2 is 2.20 bits per heavy atom. The van der Waals surface area contributed by atoms with Gasteiger partial charge in [-0.05, 0) is 12.1 Å². The van der Waals surface area contributed by atoms with Crippen LogP contribution in [0.15, 0.2) is 18.2 Å². The first-order chi connectivity index (χ1) is 9.52. The van der Waals surface area contributed by atoms with Gasteiger partial charge >= 0.3 is 5.97 Å². The minimum absolute atomic E-state index is 0.0337. The average Bonchev–Trinajstić information content (AvgIpc) is 2.84. The van der Waals surface area contributed by atoms with Crippen molar-refractivity contribution in [2.24, 2.45) is 11.7 Å². The van der Waals surface area contributed by atoms with Crippen LogP contribution in [0.2, 0.25) is 0 Å². The summed E-state index contributed by atoms with van der Waals surface area (Å²) in [5, 5.41) is 11.7. The molecular formula is C13H16N2O5. The van der Waals surface area contributed by atoms with Crippen molar-refractivity contribution >= 4 is 17.6 Å². The molecule has 1 saturated heterocycles. The summed E-state index contributed by atoms with van der Waals surface area (Å²) < 4.78 is 10.1. The first-order valence-corrected chi connectivity index (χ1v) is 6.08. The van der Waals surface area contributed by atoms with Crippen molar-refractivity contribution in [3.63, 3.8) is 0 Å². The normalized spacial score (nSPS) is 21.5. The third kappa shape index (κ3) is 2.89. The van der Waals surface area contributed by atoms with Gasteiger partial charge in [-0.2, -0.15) is 0 Å². The fourth-order valence-electron chi connectivity index (χ4n) is 2.02. The van der Waals surface area contributed by atoms with Crippen LogP contribution in [-0.2, 0) is 9.53 Å². The lowest BCUT2D eigenvalue weighted by molar-refractivity contribution is -0.120. The molecule has 0 saturated carbocycles. The number of anilines is 1. The molecule has 1 amide bonds. The molecule has 0 radical (unpaired) electrons. The zero-order valence-corrected chi connectivity index (χ0v) is 11.0. The number of carbonyl (C=O) groups is 2. The second kappa shape index (κ2) is 5.89. The van der Waals surface area contributed by atoms with E-state index in [2.05, 4.69) is 5.32 Å². The lowest BCUT2D eigenvalue weighted by Gasteiger charge is -2.14. The summed E-state index contributed by atoms with van der Waals surface area (Å²) in [5.74, 6) is -1.56. The molecule has 4 N–H and O–H groups in total. The van der Waals surface area contributed by atoms with Gasteiger partial charge in [-0.25, -0.2) is 4.79 Å². The fourth-order valence-corrected chi connectivity index (χ4v) is 2.02. The Morgan fingerprint density at radius 3 is 2.75 bits per heavy atom. The van der Waals surface area contributed by atoms with Crippen LogP contribution >= 0.6 is 0 Å². The molecule has 0 bridgehead atoms. The number of carboxylic acid groups (broad SMARTS) is 1. The molecule has 0 aromatic heterocycles. The first-order valence-electron chi connectivity index (χ1n) is 6.08. The minimum atomic E-state index is -1.09. The Balaban J connectivity index is 2.13. The Labute approximate surface area is 115 Å². The number of aromatic carboxylic acids is 1. The second-order valence-electron chi connectivity index (χ2n) is 4.52. The van der Waals surface area contributed by atoms with Crippen LogP contribution in [-0.4, -0.2) is 43.3 Å². The molecule has 1 aromatic carbocycles. The van der Waals surface area contributed by atoms with Crippen LogP contribution in [0.4, 0.5) is 5.69 Å². The van der Waals surface area contributed by atoms with Crippen LogP contribution in [0, 0.1) is 5.92 Å². The highest BCUT2D eigenvalue weighted by Gasteiger charge is 2.31. The average molecular weight is 280 g/mol. The summed E-state index contributed by atoms with van der Waals surface area (Å²) in [6.07, 6.45) is 0. The second-order valence-corrected chi connectivity index (χ2v) is 4.52. The molecule has 7 heteroatoms. The quantitative estimate of drug-likeness (QED) is 0.731. The molecule has 0 spiro atoms. The number of nitrogens with two attached hydrogens (primary N) is 1. The van der Waals surface area contributed by atoms with E-state index in [1.165, 1.54) is 25.3 Å². The third-order valence-electron chi connectivity index (χ3n) is 3.16. The summed E-state index contributed by atoms with van der Waals surface area (Å²) >= 11 is 0. The van der Waals surface area contributed by atoms with Gasteiger partial charge in [0.2, 0.25) is 5.91 Å². The van der Waals surface area contributed by atoms with Gasteiger partial charge in [0.1, 0.15) is 11.3 Å². The van der Waals surface area contributed by atoms with E-state index in [9.17, 15) is 9.59 Å². The summed E-state index contributed by atoms with van der Waals surface area (Å²) in [6, 6.07) is 4.02. The van der Waals surface area contributed by atoms with Crippen LogP contribution in [0.1, 0.15) is 10.4 Å². The molecule has 1 aromatic rings. The summed E-state index contributed by atoms with van der Waals surface area (Å²) in [4.78, 5) is 23.0. The van der Waals surface area contributed by atoms with Crippen LogP contribution in [0.25, 0.3) is 0 Å². The van der Waals surface area contributed by atoms with Gasteiger partial charge in [0.05, 0.1) is 26.2 Å². The lowest BCUT2D eigenvalue weighted by Crippen LogP contribution is -2.37. The molecule has 1 fully saturated rings. The van der Waals surface area contributed by atoms with Crippen molar-refractivity contribution in [3.8, 4) is 5.75 Å². The summed E-state index contributed by atoms with van der Waals surface area (Å²) in [7, 11) is 1.37. The fraction of sp³-hybridized carbons (Fsp3) is 0.385. The van der Waals surface area contributed by atoms with Gasteiger partial charge in [0, 0.05) is 17.8 Å². The van der Waals surface area contributed by atoms with Crippen LogP contribution < -0.4 is 15.8 Å². The largest absolute Gasteiger partial charge is 0.496 e. The van der Waals surface area contributed by atoms with Crippen molar-refractivity contribution in [1.29, 1.82) is 0 Å². The molecule has 1 aliphatic heterocycles. The Bertz CT molecular complexity index is 531. The molecule has 2 rings (SSSR count). The van der Waals surface area contributed by atoms with Gasteiger partial charge in [-0.1, -0.05) is 0 Å². The standard InChI is InChI=1S/C13H16N2O5/c1-19-11-4-7(2-3-8(11)13(17)18)15-12(16)9-5-20-6-10(9)14/h2-4,9-10H,5-6,14H2,1H3,(H,15,16)(H,17,18). The highest BCUT2D eigenvalue weighted by atomic mass is 16.5. The van der Waals surface area contributed by atoms with Crippen molar-refractivity contribution in [3.05, 3.63) is 23.8 Å². The monoisotopic (exact) mass is 280 g/mol. The number of carboxylic acids is 1. The Morgan fingerprint density at radius 1 is 1.45 bits per heavy atom. The van der Waals surface area contributed by atoms with E-state index in [1.54, 1.807) is 0 Å². The van der Waals surface area contributed by atoms with Crippen molar-refractivity contribution in [2.45, 2.75) is 6.04 Å². The van der Waals surface area contributed by atoms with E-state index in [0.717, 1.165) is 0 Å². The first kappa shape index (κ1) is 14.3. The lowest BCUT2D eigenvalue weighted by atomic mass is 10.0. The van der Waals surface area contributed by atoms with Crippen molar-refractivity contribution < 1.29 is 24.2 Å². The van der Waals surface area contributed by atoms with Crippen molar-refractivity contribution in [1.82, 2.24) is 0 Å². The maximum absolute atomic E-state index is 12.0. The zero-order chi connectivity index (χ0) is 14.7. The number of rotatable bonds is 4. The molecule has 1 heterocycles.